The molecule has 1 amide bonds. The van der Waals surface area contributed by atoms with Crippen LogP contribution in [-0.2, 0) is 0 Å². The van der Waals surface area contributed by atoms with Gasteiger partial charge in [0.05, 0.1) is 11.4 Å². The van der Waals surface area contributed by atoms with Crippen LogP contribution in [0.15, 0.2) is 54.6 Å². The number of benzene rings is 2. The second-order valence-corrected chi connectivity index (χ2v) is 4.75. The highest BCUT2D eigenvalue weighted by Crippen LogP contribution is 2.24. The van der Waals surface area contributed by atoms with Gasteiger partial charge in [0.15, 0.2) is 5.69 Å². The normalized spacial score (nSPS) is 10.6. The summed E-state index contributed by atoms with van der Waals surface area (Å²) in [6.07, 6.45) is 0. The molecule has 7 heteroatoms. The largest absolute Gasteiger partial charge is 0.295 e. The summed E-state index contributed by atoms with van der Waals surface area (Å²) in [4.78, 5) is 11.6. The van der Waals surface area contributed by atoms with Crippen LogP contribution in [0, 0.1) is 11.6 Å². The van der Waals surface area contributed by atoms with Gasteiger partial charge < -0.3 is 0 Å². The first-order valence-electron chi connectivity index (χ1n) is 6.65. The average molecular weight is 315 g/mol. The van der Waals surface area contributed by atoms with Crippen molar-refractivity contribution in [3.8, 4) is 16.9 Å². The molecule has 0 radical (unpaired) electrons. The van der Waals surface area contributed by atoms with Crippen LogP contribution < -0.4 is 5.48 Å². The molecule has 0 saturated carbocycles. The molecule has 2 aromatic carbocycles. The maximum Gasteiger partial charge on any atom is 0.295 e. The third-order valence-electron chi connectivity index (χ3n) is 3.25. The van der Waals surface area contributed by atoms with E-state index in [4.69, 9.17) is 5.21 Å². The van der Waals surface area contributed by atoms with E-state index < -0.39 is 17.5 Å². The molecule has 116 valence electrons. The highest BCUT2D eigenvalue weighted by atomic mass is 19.1. The third kappa shape index (κ3) is 2.95. The lowest BCUT2D eigenvalue weighted by atomic mass is 10.1. The van der Waals surface area contributed by atoms with E-state index in [0.717, 1.165) is 0 Å². The van der Waals surface area contributed by atoms with Gasteiger partial charge in [0.25, 0.3) is 5.91 Å². The Hall–Kier alpha value is -3.06. The Morgan fingerprint density at radius 2 is 1.57 bits per heavy atom. The van der Waals surface area contributed by atoms with Crippen LogP contribution in [0.4, 0.5) is 8.78 Å². The van der Waals surface area contributed by atoms with Gasteiger partial charge in [0.2, 0.25) is 0 Å². The van der Waals surface area contributed by atoms with Crippen molar-refractivity contribution >= 4 is 5.91 Å². The van der Waals surface area contributed by atoms with Crippen LogP contribution in [0.1, 0.15) is 10.5 Å². The Kier molecular flexibility index (Phi) is 3.86. The lowest BCUT2D eigenvalue weighted by Crippen LogP contribution is -2.19. The molecule has 1 heterocycles. The quantitative estimate of drug-likeness (QED) is 0.577. The topological polar surface area (TPSA) is 67.2 Å². The van der Waals surface area contributed by atoms with Crippen molar-refractivity contribution in [1.29, 1.82) is 0 Å². The van der Waals surface area contributed by atoms with Gasteiger partial charge in [-0.05, 0) is 54.6 Å². The lowest BCUT2D eigenvalue weighted by Gasteiger charge is -2.07. The number of hydrogen-bond acceptors (Lipinski definition) is 3. The van der Waals surface area contributed by atoms with E-state index in [1.54, 1.807) is 0 Å². The predicted octanol–water partition coefficient (Wildman–Crippen LogP) is 2.94. The Labute approximate surface area is 129 Å². The number of nitrogens with zero attached hydrogens (tertiary/aromatic N) is 2. The van der Waals surface area contributed by atoms with E-state index in [-0.39, 0.29) is 5.69 Å². The van der Waals surface area contributed by atoms with Gasteiger partial charge in [-0.25, -0.2) is 18.9 Å². The summed E-state index contributed by atoms with van der Waals surface area (Å²) in [6.45, 7) is 0. The first-order chi connectivity index (χ1) is 11.1. The highest BCUT2D eigenvalue weighted by Gasteiger charge is 2.16. The molecule has 3 aromatic rings. The predicted molar refractivity (Wildman–Crippen MR) is 78.2 cm³/mol. The number of aromatic nitrogens is 2. The highest BCUT2D eigenvalue weighted by molar-refractivity contribution is 5.92. The maximum absolute atomic E-state index is 13.1. The summed E-state index contributed by atoms with van der Waals surface area (Å²) in [6, 6.07) is 12.6. The monoisotopic (exact) mass is 315 g/mol. The fourth-order valence-electron chi connectivity index (χ4n) is 2.15. The summed E-state index contributed by atoms with van der Waals surface area (Å²) >= 11 is 0. The van der Waals surface area contributed by atoms with E-state index in [0.29, 0.717) is 16.9 Å². The van der Waals surface area contributed by atoms with E-state index in [1.165, 1.54) is 64.8 Å². The van der Waals surface area contributed by atoms with Gasteiger partial charge in [-0.2, -0.15) is 5.10 Å². The number of carbonyl (C=O) groups excluding carboxylic acids is 1. The standard InChI is InChI=1S/C16H11F2N3O2/c17-11-3-1-10(2-4-11)15-9-14(16(22)20-23)19-21(15)13-7-5-12(18)6-8-13/h1-9,23H,(H,20,22). The fourth-order valence-corrected chi connectivity index (χ4v) is 2.15. The minimum Gasteiger partial charge on any atom is -0.288 e. The summed E-state index contributed by atoms with van der Waals surface area (Å²) in [5.74, 6) is -1.58. The van der Waals surface area contributed by atoms with Crippen molar-refractivity contribution in [2.75, 3.05) is 0 Å². The minimum atomic E-state index is -0.783. The van der Waals surface area contributed by atoms with Gasteiger partial charge in [0.1, 0.15) is 11.6 Å². The Bertz CT molecular complexity index is 780. The van der Waals surface area contributed by atoms with Crippen LogP contribution in [-0.4, -0.2) is 20.9 Å². The van der Waals surface area contributed by atoms with Crippen molar-refractivity contribution < 1.29 is 18.8 Å². The molecular weight excluding hydrogens is 304 g/mol. The Balaban J connectivity index is 2.16. The molecule has 5 nitrogen and oxygen atoms in total. The molecule has 0 aliphatic heterocycles. The molecule has 0 atom stereocenters. The second kappa shape index (κ2) is 5.98. The summed E-state index contributed by atoms with van der Waals surface area (Å²) in [5, 5.41) is 12.9. The van der Waals surface area contributed by atoms with Gasteiger partial charge >= 0.3 is 0 Å². The molecular formula is C16H11F2N3O2. The van der Waals surface area contributed by atoms with Gasteiger partial charge in [-0.3, -0.25) is 10.0 Å². The Morgan fingerprint density at radius 1 is 1.00 bits per heavy atom. The third-order valence-corrected chi connectivity index (χ3v) is 3.25. The minimum absolute atomic E-state index is 0.0313. The summed E-state index contributed by atoms with van der Waals surface area (Å²) < 4.78 is 27.6. The smallest absolute Gasteiger partial charge is 0.288 e. The van der Waals surface area contributed by atoms with Crippen molar-refractivity contribution in [1.82, 2.24) is 15.3 Å². The molecule has 0 fully saturated rings. The zero-order valence-electron chi connectivity index (χ0n) is 11.7. The number of nitrogens with one attached hydrogen (secondary N) is 1. The molecule has 0 spiro atoms. The number of carbonyl (C=O) groups is 1. The molecule has 2 N–H and O–H groups in total. The SMILES string of the molecule is O=C(NO)c1cc(-c2ccc(F)cc2)n(-c2ccc(F)cc2)n1. The zero-order chi connectivity index (χ0) is 16.4. The average Bonchev–Trinajstić information content (AvgIpc) is 3.01. The second-order valence-electron chi connectivity index (χ2n) is 4.75. The molecule has 3 rings (SSSR count). The first-order valence-corrected chi connectivity index (χ1v) is 6.65. The molecule has 0 bridgehead atoms. The van der Waals surface area contributed by atoms with Crippen LogP contribution in [0.2, 0.25) is 0 Å². The molecule has 23 heavy (non-hydrogen) atoms. The van der Waals surface area contributed by atoms with Crippen molar-refractivity contribution in [2.24, 2.45) is 0 Å². The van der Waals surface area contributed by atoms with Gasteiger partial charge in [-0.15, -0.1) is 0 Å². The number of hydrogen-bond donors (Lipinski definition) is 2. The number of rotatable bonds is 3. The number of amides is 1. The fraction of sp³-hybridized carbons (Fsp3) is 0. The van der Waals surface area contributed by atoms with E-state index in [1.807, 2.05) is 0 Å². The van der Waals surface area contributed by atoms with Crippen LogP contribution in [0.3, 0.4) is 0 Å². The zero-order valence-corrected chi connectivity index (χ0v) is 11.7. The molecule has 0 saturated heterocycles. The molecule has 0 unspecified atom stereocenters. The van der Waals surface area contributed by atoms with Gasteiger partial charge in [-0.1, -0.05) is 0 Å². The van der Waals surface area contributed by atoms with Crippen molar-refractivity contribution in [3.05, 3.63) is 71.9 Å². The molecule has 1 aromatic heterocycles. The van der Waals surface area contributed by atoms with Gasteiger partial charge in [0, 0.05) is 5.56 Å². The molecule has 0 aliphatic rings. The van der Waals surface area contributed by atoms with Crippen LogP contribution in [0.5, 0.6) is 0 Å². The summed E-state index contributed by atoms with van der Waals surface area (Å²) in [7, 11) is 0. The molecule has 0 aliphatic carbocycles. The van der Waals surface area contributed by atoms with Crippen LogP contribution in [0.25, 0.3) is 16.9 Å². The number of halogens is 2. The Morgan fingerprint density at radius 3 is 2.13 bits per heavy atom. The van der Waals surface area contributed by atoms with E-state index >= 15 is 0 Å². The first kappa shape index (κ1) is 14.9. The number of hydroxylamine groups is 1. The lowest BCUT2D eigenvalue weighted by molar-refractivity contribution is 0.0700. The van der Waals surface area contributed by atoms with Crippen LogP contribution >= 0.6 is 0 Å². The summed E-state index contributed by atoms with van der Waals surface area (Å²) in [5.41, 5.74) is 3.10. The van der Waals surface area contributed by atoms with E-state index in [9.17, 15) is 13.6 Å². The van der Waals surface area contributed by atoms with Crippen molar-refractivity contribution in [3.63, 3.8) is 0 Å². The van der Waals surface area contributed by atoms with Crippen molar-refractivity contribution in [2.45, 2.75) is 0 Å². The van der Waals surface area contributed by atoms with E-state index in [2.05, 4.69) is 5.10 Å². The maximum atomic E-state index is 13.1.